The molecule has 1 aliphatic heterocycles. The molecule has 0 amide bonds. The summed E-state index contributed by atoms with van der Waals surface area (Å²) < 4.78 is 18.5. The summed E-state index contributed by atoms with van der Waals surface area (Å²) in [5.74, 6) is 0.553. The van der Waals surface area contributed by atoms with Crippen molar-refractivity contribution >= 4 is 33.5 Å². The average Bonchev–Trinajstić information content (AvgIpc) is 3.61. The number of phenols is 2. The number of hydrogen-bond acceptors (Lipinski definition) is 6. The van der Waals surface area contributed by atoms with Crippen LogP contribution in [0.4, 0.5) is 0 Å². The van der Waals surface area contributed by atoms with Crippen LogP contribution in [-0.4, -0.2) is 45.7 Å². The first-order chi connectivity index (χ1) is 23.9. The summed E-state index contributed by atoms with van der Waals surface area (Å²) in [4.78, 5) is 16.0. The van der Waals surface area contributed by atoms with E-state index in [0.29, 0.717) is 29.7 Å². The van der Waals surface area contributed by atoms with Gasteiger partial charge in [0, 0.05) is 12.0 Å². The number of methoxy groups -OCH3 is 1. The minimum Gasteiger partial charge on any atom is -0.664 e. The fraction of sp³-hybridized carbons (Fsp3) is 0.195. The Morgan fingerprint density at radius 2 is 1.71 bits per heavy atom. The summed E-state index contributed by atoms with van der Waals surface area (Å²) in [6, 6.07) is 28.6. The molecule has 2 heterocycles. The van der Waals surface area contributed by atoms with Crippen molar-refractivity contribution in [2.75, 3.05) is 13.7 Å². The van der Waals surface area contributed by atoms with Gasteiger partial charge in [-0.05, 0) is 57.8 Å². The molecule has 1 aromatic heterocycles. The van der Waals surface area contributed by atoms with Crippen LogP contribution in [0, 0.1) is 0 Å². The molecule has 0 spiro atoms. The molecule has 8 nitrogen and oxygen atoms in total. The van der Waals surface area contributed by atoms with E-state index in [4.69, 9.17) is 14.2 Å². The molecule has 5 aromatic carbocycles. The van der Waals surface area contributed by atoms with Crippen LogP contribution in [-0.2, 0) is 12.8 Å². The maximum Gasteiger partial charge on any atom is 0.335 e. The summed E-state index contributed by atoms with van der Waals surface area (Å²) in [7, 11) is 1.44. The number of aliphatic hydroxyl groups excluding tert-OH is 1. The van der Waals surface area contributed by atoms with Crippen molar-refractivity contribution < 1.29 is 34.3 Å². The summed E-state index contributed by atoms with van der Waals surface area (Å²) >= 11 is 0. The van der Waals surface area contributed by atoms with E-state index in [-0.39, 0.29) is 48.2 Å². The fourth-order valence-electron chi connectivity index (χ4n) is 6.56. The Labute approximate surface area is 283 Å². The number of phenolic OH excluding ortho intramolecular Hbond substituents is 2. The van der Waals surface area contributed by atoms with Gasteiger partial charge < -0.3 is 34.5 Å². The average molecular weight is 656 g/mol. The van der Waals surface area contributed by atoms with Gasteiger partial charge in [-0.1, -0.05) is 91.0 Å². The van der Waals surface area contributed by atoms with Crippen LogP contribution in [0.25, 0.3) is 27.8 Å². The smallest absolute Gasteiger partial charge is 0.335 e. The SMILES string of the molecule is COc1c(O)c(CCc2cccc3c2ccc2[n-]ccc23)c2c(c1OCC[C@@H](O)/C=C/c1ccccc1)C(=[OH+])CC(c1ccc(O)cc1)O2. The van der Waals surface area contributed by atoms with Gasteiger partial charge in [0.05, 0.1) is 19.8 Å². The third kappa shape index (κ3) is 6.43. The van der Waals surface area contributed by atoms with Crippen LogP contribution in [0.3, 0.4) is 0 Å². The zero-order valence-electron chi connectivity index (χ0n) is 27.0. The Balaban J connectivity index is 1.22. The van der Waals surface area contributed by atoms with E-state index in [1.165, 1.54) is 7.11 Å². The standard InChI is InChI=1S/C41H36NO7/c1-47-41-38(46)33(17-13-26-8-5-9-31-30(26)18-19-34-32(31)20-22-42-34)39-37(35(45)24-36(49-39)27-11-15-28(43)16-12-27)40(41)48-23-21-29(44)14-10-25-6-3-2-4-7-25/h2-12,14-16,18-20,22,29,36,43-44H,13,17,21,23-24H2,1H3,(H,45,46)/q-1/p+1/b14-10+/t29-,36?/m0/s1. The minimum atomic E-state index is -0.784. The molecule has 1 aliphatic rings. The van der Waals surface area contributed by atoms with Gasteiger partial charge in [0.15, 0.2) is 17.1 Å². The third-order valence-corrected chi connectivity index (χ3v) is 9.07. The Bertz CT molecular complexity index is 2150. The van der Waals surface area contributed by atoms with Crippen LogP contribution >= 0.6 is 0 Å². The molecule has 4 N–H and O–H groups in total. The molecule has 0 saturated carbocycles. The van der Waals surface area contributed by atoms with Crippen molar-refractivity contribution in [1.82, 2.24) is 4.98 Å². The molecule has 49 heavy (non-hydrogen) atoms. The molecule has 2 atom stereocenters. The number of ketones is 1. The number of rotatable bonds is 11. The highest BCUT2D eigenvalue weighted by Crippen LogP contribution is 2.52. The molecule has 8 heteroatoms. The van der Waals surface area contributed by atoms with Gasteiger partial charge in [-0.3, -0.25) is 4.79 Å². The number of fused-ring (bicyclic) bond motifs is 4. The number of nitrogens with zero attached hydrogens (tertiary/aromatic N) is 1. The molecule has 6 aromatic rings. The number of ether oxygens (including phenoxy) is 3. The topological polar surface area (TPSA) is 124 Å². The lowest BCUT2D eigenvalue weighted by molar-refractivity contribution is 0.172. The van der Waals surface area contributed by atoms with E-state index < -0.39 is 12.2 Å². The number of benzene rings is 5. The first kappa shape index (κ1) is 31.8. The number of aromatic hydroxyl groups is 2. The largest absolute Gasteiger partial charge is 0.664 e. The molecular formula is C41H37NO7. The zero-order chi connectivity index (χ0) is 33.9. The van der Waals surface area contributed by atoms with E-state index in [1.54, 1.807) is 30.3 Å². The van der Waals surface area contributed by atoms with Gasteiger partial charge in [-0.15, -0.1) is 5.52 Å². The van der Waals surface area contributed by atoms with Crippen molar-refractivity contribution in [3.63, 3.8) is 0 Å². The monoisotopic (exact) mass is 655 g/mol. The lowest BCUT2D eigenvalue weighted by Gasteiger charge is -2.28. The second kappa shape index (κ2) is 13.8. The lowest BCUT2D eigenvalue weighted by Crippen LogP contribution is -2.24. The molecule has 1 unspecified atom stereocenters. The lowest BCUT2D eigenvalue weighted by atomic mass is 9.90. The van der Waals surface area contributed by atoms with E-state index in [1.807, 2.05) is 60.8 Å². The molecular weight excluding hydrogens is 618 g/mol. The number of hydrogen-bond donors (Lipinski definition) is 3. The Hall–Kier alpha value is -5.73. The van der Waals surface area contributed by atoms with Crippen LogP contribution in [0.5, 0.6) is 28.7 Å². The van der Waals surface area contributed by atoms with E-state index in [2.05, 4.69) is 23.2 Å². The zero-order valence-corrected chi connectivity index (χ0v) is 27.0. The van der Waals surface area contributed by atoms with Crippen molar-refractivity contribution in [1.29, 1.82) is 0 Å². The quantitative estimate of drug-likeness (QED) is 0.124. The predicted octanol–water partition coefficient (Wildman–Crippen LogP) is 7.42. The molecule has 248 valence electrons. The number of aryl methyl sites for hydroxylation is 1. The second-order valence-electron chi connectivity index (χ2n) is 12.2. The van der Waals surface area contributed by atoms with Gasteiger partial charge in [-0.2, -0.15) is 6.20 Å². The van der Waals surface area contributed by atoms with E-state index >= 15 is 0 Å². The minimum absolute atomic E-state index is 0.0228. The maximum atomic E-state index is 11.8. The van der Waals surface area contributed by atoms with Gasteiger partial charge in [0.1, 0.15) is 24.0 Å². The third-order valence-electron chi connectivity index (χ3n) is 9.07. The summed E-state index contributed by atoms with van der Waals surface area (Å²) in [5.41, 5.74) is 4.55. The highest BCUT2D eigenvalue weighted by atomic mass is 16.5. The van der Waals surface area contributed by atoms with Crippen molar-refractivity contribution in [2.24, 2.45) is 0 Å². The fourth-order valence-corrected chi connectivity index (χ4v) is 6.56. The Morgan fingerprint density at radius 3 is 2.51 bits per heavy atom. The van der Waals surface area contributed by atoms with Crippen molar-refractivity contribution in [3.05, 3.63) is 131 Å². The van der Waals surface area contributed by atoms with Crippen LogP contribution < -0.4 is 19.2 Å². The van der Waals surface area contributed by atoms with E-state index in [0.717, 1.165) is 38.4 Å². The molecule has 0 saturated heterocycles. The number of aliphatic hydroxyl groups is 1. The highest BCUT2D eigenvalue weighted by molar-refractivity contribution is 6.07. The van der Waals surface area contributed by atoms with E-state index in [9.17, 15) is 20.1 Å². The molecule has 0 aliphatic carbocycles. The van der Waals surface area contributed by atoms with Gasteiger partial charge >= 0.3 is 5.78 Å². The molecule has 0 radical (unpaired) electrons. The Kier molecular flexibility index (Phi) is 8.96. The normalized spacial score (nSPS) is 15.0. The number of aromatic nitrogens is 1. The molecule has 7 rings (SSSR count). The summed E-state index contributed by atoms with van der Waals surface area (Å²) in [5, 5.41) is 35.5. The highest BCUT2D eigenvalue weighted by Gasteiger charge is 2.40. The second-order valence-corrected chi connectivity index (χ2v) is 12.2. The summed E-state index contributed by atoms with van der Waals surface area (Å²) in [6.45, 7) is 0.0810. The first-order valence-corrected chi connectivity index (χ1v) is 16.3. The predicted molar refractivity (Wildman–Crippen MR) is 191 cm³/mol. The van der Waals surface area contributed by atoms with Crippen LogP contribution in [0.2, 0.25) is 0 Å². The van der Waals surface area contributed by atoms with Crippen LogP contribution in [0.15, 0.2) is 103 Å². The Morgan fingerprint density at radius 1 is 0.898 bits per heavy atom. The van der Waals surface area contributed by atoms with Crippen molar-refractivity contribution in [3.8, 4) is 28.7 Å². The molecule has 0 fully saturated rings. The first-order valence-electron chi connectivity index (χ1n) is 16.3. The van der Waals surface area contributed by atoms with Gasteiger partial charge in [0.25, 0.3) is 0 Å². The maximum absolute atomic E-state index is 11.8. The van der Waals surface area contributed by atoms with Gasteiger partial charge in [-0.25, -0.2) is 0 Å². The van der Waals surface area contributed by atoms with Gasteiger partial charge in [0.2, 0.25) is 5.75 Å². The summed E-state index contributed by atoms with van der Waals surface area (Å²) in [6.07, 6.45) is 5.33. The van der Waals surface area contributed by atoms with Crippen molar-refractivity contribution in [2.45, 2.75) is 37.9 Å². The van der Waals surface area contributed by atoms with Crippen LogP contribution in [0.1, 0.15) is 46.8 Å². The number of carbonyl (C=O) groups excluding carboxylic acids is 1. The molecule has 0 bridgehead atoms.